The predicted octanol–water partition coefficient (Wildman–Crippen LogP) is 1.39. The summed E-state index contributed by atoms with van der Waals surface area (Å²) in [6, 6.07) is 0. The summed E-state index contributed by atoms with van der Waals surface area (Å²) in [7, 11) is 0. The van der Waals surface area contributed by atoms with Gasteiger partial charge in [-0.2, -0.15) is 0 Å². The molecule has 3 unspecified atom stereocenters. The van der Waals surface area contributed by atoms with Crippen molar-refractivity contribution in [1.82, 2.24) is 5.32 Å². The second kappa shape index (κ2) is 5.95. The second-order valence-corrected chi connectivity index (χ2v) is 4.87. The molecule has 0 aromatic rings. The quantitative estimate of drug-likeness (QED) is 0.280. The summed E-state index contributed by atoms with van der Waals surface area (Å²) in [6.45, 7) is 6.13. The van der Waals surface area contributed by atoms with Crippen molar-refractivity contribution >= 4 is 5.84 Å². The molecule has 0 radical (unpaired) electrons. The van der Waals surface area contributed by atoms with Crippen LogP contribution in [0, 0.1) is 17.8 Å². The van der Waals surface area contributed by atoms with E-state index in [0.717, 1.165) is 24.9 Å². The van der Waals surface area contributed by atoms with E-state index in [1.165, 1.54) is 19.3 Å². The summed E-state index contributed by atoms with van der Waals surface area (Å²) in [5.41, 5.74) is 5.49. The van der Waals surface area contributed by atoms with E-state index in [0.29, 0.717) is 5.84 Å². The molecule has 1 saturated carbocycles. The summed E-state index contributed by atoms with van der Waals surface area (Å²) in [4.78, 5) is 0. The molecule has 0 aromatic carbocycles. The van der Waals surface area contributed by atoms with E-state index in [1.54, 1.807) is 0 Å². The minimum atomic E-state index is 0.105. The maximum atomic E-state index is 8.49. The Balaban J connectivity index is 2.11. The molecular weight excluding hydrogens is 190 g/mol. The van der Waals surface area contributed by atoms with Gasteiger partial charge < -0.3 is 16.3 Å². The van der Waals surface area contributed by atoms with Crippen LogP contribution in [-0.4, -0.2) is 24.1 Å². The zero-order valence-corrected chi connectivity index (χ0v) is 9.74. The molecule has 1 aliphatic carbocycles. The Hall–Kier alpha value is -0.770. The Morgan fingerprint density at radius 1 is 1.60 bits per heavy atom. The summed E-state index contributed by atoms with van der Waals surface area (Å²) < 4.78 is 0. The molecule has 4 N–H and O–H groups in total. The standard InChI is InChI=1S/C11H23N3O/c1-8-3-4-10(5-8)7-13-6-9(2)11(12)14-15/h8-10,13,15H,3-7H2,1-2H3,(H2,12,14). The van der Waals surface area contributed by atoms with Crippen molar-refractivity contribution in [3.63, 3.8) is 0 Å². The third-order valence-electron chi connectivity index (χ3n) is 3.31. The largest absolute Gasteiger partial charge is 0.409 e. The first-order valence-electron chi connectivity index (χ1n) is 5.81. The molecule has 0 aromatic heterocycles. The highest BCUT2D eigenvalue weighted by Crippen LogP contribution is 2.29. The first kappa shape index (κ1) is 12.3. The molecule has 4 nitrogen and oxygen atoms in total. The van der Waals surface area contributed by atoms with Gasteiger partial charge in [0, 0.05) is 12.5 Å². The molecule has 0 spiro atoms. The molecule has 15 heavy (non-hydrogen) atoms. The molecule has 0 saturated heterocycles. The fourth-order valence-corrected chi connectivity index (χ4v) is 2.22. The number of hydrogen-bond donors (Lipinski definition) is 3. The smallest absolute Gasteiger partial charge is 0.143 e. The van der Waals surface area contributed by atoms with Crippen molar-refractivity contribution in [3.8, 4) is 0 Å². The number of hydrogen-bond acceptors (Lipinski definition) is 3. The fourth-order valence-electron chi connectivity index (χ4n) is 2.22. The van der Waals surface area contributed by atoms with Crippen LogP contribution in [0.5, 0.6) is 0 Å². The van der Waals surface area contributed by atoms with Crippen LogP contribution in [-0.2, 0) is 0 Å². The van der Waals surface area contributed by atoms with Crippen LogP contribution in [0.15, 0.2) is 5.16 Å². The Kier molecular flexibility index (Phi) is 4.88. The predicted molar refractivity (Wildman–Crippen MR) is 61.9 cm³/mol. The molecule has 0 aliphatic heterocycles. The molecule has 4 heteroatoms. The fraction of sp³-hybridized carbons (Fsp3) is 0.909. The average Bonchev–Trinajstić information content (AvgIpc) is 2.63. The van der Waals surface area contributed by atoms with Crippen LogP contribution in [0.2, 0.25) is 0 Å². The van der Waals surface area contributed by atoms with Gasteiger partial charge in [-0.3, -0.25) is 0 Å². The Bertz CT molecular complexity index is 218. The lowest BCUT2D eigenvalue weighted by Gasteiger charge is -2.14. The van der Waals surface area contributed by atoms with Gasteiger partial charge in [-0.05, 0) is 31.2 Å². The Morgan fingerprint density at radius 3 is 2.87 bits per heavy atom. The monoisotopic (exact) mass is 213 g/mol. The van der Waals surface area contributed by atoms with Crippen molar-refractivity contribution in [3.05, 3.63) is 0 Å². The number of rotatable bonds is 5. The first-order chi connectivity index (χ1) is 7.13. The third-order valence-corrected chi connectivity index (χ3v) is 3.31. The van der Waals surface area contributed by atoms with Crippen molar-refractivity contribution in [2.45, 2.75) is 33.1 Å². The zero-order valence-electron chi connectivity index (χ0n) is 9.74. The third kappa shape index (κ3) is 4.08. The lowest BCUT2D eigenvalue weighted by molar-refractivity contribution is 0.313. The Labute approximate surface area is 91.9 Å². The Morgan fingerprint density at radius 2 is 2.33 bits per heavy atom. The zero-order chi connectivity index (χ0) is 11.3. The highest BCUT2D eigenvalue weighted by Gasteiger charge is 2.20. The second-order valence-electron chi connectivity index (χ2n) is 4.87. The van der Waals surface area contributed by atoms with Gasteiger partial charge in [-0.15, -0.1) is 0 Å². The molecule has 1 fully saturated rings. The van der Waals surface area contributed by atoms with Crippen molar-refractivity contribution in [2.24, 2.45) is 28.6 Å². The van der Waals surface area contributed by atoms with E-state index < -0.39 is 0 Å². The van der Waals surface area contributed by atoms with Crippen molar-refractivity contribution < 1.29 is 5.21 Å². The minimum Gasteiger partial charge on any atom is -0.409 e. The van der Waals surface area contributed by atoms with Crippen molar-refractivity contribution in [2.75, 3.05) is 13.1 Å². The molecule has 1 rings (SSSR count). The topological polar surface area (TPSA) is 70.6 Å². The van der Waals surface area contributed by atoms with Crippen LogP contribution < -0.4 is 11.1 Å². The van der Waals surface area contributed by atoms with Gasteiger partial charge in [0.2, 0.25) is 0 Å². The van der Waals surface area contributed by atoms with Gasteiger partial charge in [0.25, 0.3) is 0 Å². The molecule has 3 atom stereocenters. The maximum Gasteiger partial charge on any atom is 0.143 e. The van der Waals surface area contributed by atoms with E-state index >= 15 is 0 Å². The minimum absolute atomic E-state index is 0.105. The molecule has 88 valence electrons. The van der Waals surface area contributed by atoms with Gasteiger partial charge in [-0.25, -0.2) is 0 Å². The highest BCUT2D eigenvalue weighted by atomic mass is 16.4. The van der Waals surface area contributed by atoms with Crippen LogP contribution in [0.25, 0.3) is 0 Å². The van der Waals surface area contributed by atoms with Gasteiger partial charge in [0.1, 0.15) is 5.84 Å². The van der Waals surface area contributed by atoms with E-state index in [1.807, 2.05) is 6.92 Å². The number of nitrogens with one attached hydrogen (secondary N) is 1. The van der Waals surface area contributed by atoms with E-state index in [-0.39, 0.29) is 5.92 Å². The molecular formula is C11H23N3O. The summed E-state index contributed by atoms with van der Waals surface area (Å²) >= 11 is 0. The maximum absolute atomic E-state index is 8.49. The summed E-state index contributed by atoms with van der Waals surface area (Å²) in [5, 5.41) is 14.9. The number of amidine groups is 1. The van der Waals surface area contributed by atoms with E-state index in [4.69, 9.17) is 10.9 Å². The molecule has 0 bridgehead atoms. The van der Waals surface area contributed by atoms with E-state index in [9.17, 15) is 0 Å². The SMILES string of the molecule is CC1CCC(CNCC(C)C(N)=NO)C1. The highest BCUT2D eigenvalue weighted by molar-refractivity contribution is 5.82. The van der Waals surface area contributed by atoms with Crippen LogP contribution >= 0.6 is 0 Å². The number of nitrogens with two attached hydrogens (primary N) is 1. The van der Waals surface area contributed by atoms with Gasteiger partial charge in [0.15, 0.2) is 0 Å². The van der Waals surface area contributed by atoms with Crippen LogP contribution in [0.3, 0.4) is 0 Å². The number of nitrogens with zero attached hydrogens (tertiary/aromatic N) is 1. The molecule has 1 aliphatic rings. The van der Waals surface area contributed by atoms with Crippen LogP contribution in [0.1, 0.15) is 33.1 Å². The summed E-state index contributed by atoms with van der Waals surface area (Å²) in [6.07, 6.45) is 4.04. The summed E-state index contributed by atoms with van der Waals surface area (Å²) in [5.74, 6) is 2.12. The van der Waals surface area contributed by atoms with Crippen molar-refractivity contribution in [1.29, 1.82) is 0 Å². The van der Waals surface area contributed by atoms with E-state index in [2.05, 4.69) is 17.4 Å². The van der Waals surface area contributed by atoms with Gasteiger partial charge in [-0.1, -0.05) is 25.4 Å². The first-order valence-corrected chi connectivity index (χ1v) is 5.81. The van der Waals surface area contributed by atoms with Gasteiger partial charge >= 0.3 is 0 Å². The molecule has 0 heterocycles. The number of oxime groups is 1. The van der Waals surface area contributed by atoms with Gasteiger partial charge in [0.05, 0.1) is 0 Å². The normalized spacial score (nSPS) is 29.3. The lowest BCUT2D eigenvalue weighted by Crippen LogP contribution is -2.33. The average molecular weight is 213 g/mol. The lowest BCUT2D eigenvalue weighted by atomic mass is 10.1. The van der Waals surface area contributed by atoms with Crippen LogP contribution in [0.4, 0.5) is 0 Å². The molecule has 0 amide bonds.